The first-order valence-corrected chi connectivity index (χ1v) is 12.2. The first-order chi connectivity index (χ1) is 18.2. The molecule has 0 aliphatic carbocycles. The van der Waals surface area contributed by atoms with Crippen molar-refractivity contribution in [3.8, 4) is 0 Å². The van der Waals surface area contributed by atoms with Gasteiger partial charge in [-0.05, 0) is 65.6 Å². The largest absolute Gasteiger partial charge is 0.416 e. The van der Waals surface area contributed by atoms with Crippen LogP contribution in [0.3, 0.4) is 0 Å². The molecule has 9 heteroatoms. The van der Waals surface area contributed by atoms with Crippen LogP contribution in [0.2, 0.25) is 0 Å². The summed E-state index contributed by atoms with van der Waals surface area (Å²) in [4.78, 5) is 20.0. The van der Waals surface area contributed by atoms with Gasteiger partial charge in [-0.3, -0.25) is 15.1 Å². The lowest BCUT2D eigenvalue weighted by atomic mass is 9.87. The molecule has 4 nitrogen and oxygen atoms in total. The summed E-state index contributed by atoms with van der Waals surface area (Å²) >= 11 is 0. The molecule has 0 saturated carbocycles. The van der Waals surface area contributed by atoms with E-state index in [0.717, 1.165) is 29.0 Å². The molecule has 0 saturated heterocycles. The summed E-state index contributed by atoms with van der Waals surface area (Å²) in [5, 5.41) is 0. The smallest absolute Gasteiger partial charge is 0.339 e. The van der Waals surface area contributed by atoms with E-state index in [0.29, 0.717) is 31.5 Å². The second-order valence-electron chi connectivity index (χ2n) is 9.10. The number of alkyl halides is 3. The number of rotatable bonds is 9. The Bertz CT molecular complexity index is 1210. The van der Waals surface area contributed by atoms with Crippen molar-refractivity contribution < 1.29 is 31.6 Å². The van der Waals surface area contributed by atoms with Gasteiger partial charge < -0.3 is 4.90 Å². The number of hydrogen-bond acceptors (Lipinski definition) is 3. The number of carbonyl (C=O) groups is 1. The zero-order valence-electron chi connectivity index (χ0n) is 20.5. The average molecular weight is 531 g/mol. The molecule has 0 radical (unpaired) electrons. The van der Waals surface area contributed by atoms with E-state index in [1.54, 1.807) is 35.2 Å². The molecule has 0 fully saturated rings. The summed E-state index contributed by atoms with van der Waals surface area (Å²) in [7, 11) is 0. The minimum absolute atomic E-state index is 0.0422. The van der Waals surface area contributed by atoms with Gasteiger partial charge in [-0.25, -0.2) is 8.78 Å². The van der Waals surface area contributed by atoms with E-state index in [4.69, 9.17) is 4.84 Å². The molecule has 3 aromatic carbocycles. The number of nitrogens with zero attached hydrogens (tertiary/aromatic N) is 1. The van der Waals surface area contributed by atoms with Gasteiger partial charge in [0.1, 0.15) is 11.6 Å². The van der Waals surface area contributed by atoms with E-state index in [-0.39, 0.29) is 36.5 Å². The fraction of sp³-hybridized carbons (Fsp3) is 0.276. The molecule has 38 heavy (non-hydrogen) atoms. The summed E-state index contributed by atoms with van der Waals surface area (Å²) in [6, 6.07) is 17.1. The average Bonchev–Trinajstić information content (AvgIpc) is 2.91. The molecule has 3 aromatic rings. The zero-order chi connectivity index (χ0) is 27.1. The molecule has 0 spiro atoms. The van der Waals surface area contributed by atoms with E-state index in [1.165, 1.54) is 30.3 Å². The molecule has 1 amide bonds. The maximum absolute atomic E-state index is 13.4. The predicted molar refractivity (Wildman–Crippen MR) is 133 cm³/mol. The number of carbonyl (C=O) groups excluding carboxylic acids is 1. The number of amides is 1. The Balaban J connectivity index is 1.29. The Hall–Kier alpha value is -3.72. The van der Waals surface area contributed by atoms with Gasteiger partial charge in [-0.1, -0.05) is 36.4 Å². The van der Waals surface area contributed by atoms with Crippen LogP contribution < -0.4 is 5.48 Å². The molecular weight excluding hydrogens is 503 g/mol. The van der Waals surface area contributed by atoms with Gasteiger partial charge in [0.2, 0.25) is 5.91 Å². The highest BCUT2D eigenvalue weighted by molar-refractivity contribution is 5.76. The maximum atomic E-state index is 13.4. The molecule has 1 heterocycles. The van der Waals surface area contributed by atoms with Gasteiger partial charge in [-0.15, -0.1) is 0 Å². The molecule has 0 unspecified atom stereocenters. The van der Waals surface area contributed by atoms with Crippen molar-refractivity contribution in [3.63, 3.8) is 0 Å². The molecule has 4 rings (SSSR count). The molecule has 0 aromatic heterocycles. The lowest BCUT2D eigenvalue weighted by molar-refractivity contribution is -0.137. The third-order valence-corrected chi connectivity index (χ3v) is 6.45. The van der Waals surface area contributed by atoms with Crippen molar-refractivity contribution in [2.24, 2.45) is 0 Å². The normalized spacial score (nSPS) is 13.9. The number of halogens is 5. The highest BCUT2D eigenvalue weighted by Gasteiger charge is 2.30. The van der Waals surface area contributed by atoms with E-state index >= 15 is 0 Å². The summed E-state index contributed by atoms with van der Waals surface area (Å²) in [6.45, 7) is 0.784. The Kier molecular flexibility index (Phi) is 8.78. The van der Waals surface area contributed by atoms with E-state index < -0.39 is 11.7 Å². The molecule has 1 aliphatic rings. The molecular formula is C29H27F5N2O2. The highest BCUT2D eigenvalue weighted by Crippen LogP contribution is 2.31. The van der Waals surface area contributed by atoms with Crippen LogP contribution in [-0.2, 0) is 22.4 Å². The van der Waals surface area contributed by atoms with Crippen molar-refractivity contribution in [3.05, 3.63) is 118 Å². The lowest BCUT2D eigenvalue weighted by Crippen LogP contribution is -2.36. The SMILES string of the molecule is O=C(CCC(c1ccc(F)cc1)c1ccc(F)cc1)N1CC=C(NOCc2cccc(C(F)(F)F)c2)CC1. The first kappa shape index (κ1) is 27.3. The van der Waals surface area contributed by atoms with Crippen LogP contribution in [0.25, 0.3) is 0 Å². The second-order valence-corrected chi connectivity index (χ2v) is 9.10. The Morgan fingerprint density at radius 1 is 0.947 bits per heavy atom. The maximum Gasteiger partial charge on any atom is 0.416 e. The van der Waals surface area contributed by atoms with Crippen LogP contribution in [0, 0.1) is 11.6 Å². The fourth-order valence-electron chi connectivity index (χ4n) is 4.38. The standard InChI is InChI=1S/C29H27F5N2O2/c30-24-8-4-21(5-9-24)27(22-6-10-25(31)11-7-22)12-13-28(37)36-16-14-26(15-17-36)35-38-19-20-2-1-3-23(18-20)29(32,33)34/h1-11,14,18,27,35H,12-13,15-17,19H2. The molecule has 0 atom stereocenters. The van der Waals surface area contributed by atoms with E-state index in [2.05, 4.69) is 5.48 Å². The minimum atomic E-state index is -4.41. The van der Waals surface area contributed by atoms with Crippen LogP contribution in [0.1, 0.15) is 47.4 Å². The van der Waals surface area contributed by atoms with Gasteiger partial charge >= 0.3 is 6.18 Å². The number of benzene rings is 3. The van der Waals surface area contributed by atoms with Crippen LogP contribution in [0.4, 0.5) is 22.0 Å². The van der Waals surface area contributed by atoms with Crippen LogP contribution in [0.5, 0.6) is 0 Å². The van der Waals surface area contributed by atoms with Gasteiger partial charge in [0.25, 0.3) is 0 Å². The van der Waals surface area contributed by atoms with Crippen LogP contribution in [-0.4, -0.2) is 23.9 Å². The van der Waals surface area contributed by atoms with Gasteiger partial charge in [-0.2, -0.15) is 13.2 Å². The summed E-state index contributed by atoms with van der Waals surface area (Å²) < 4.78 is 65.5. The zero-order valence-corrected chi connectivity index (χ0v) is 20.5. The van der Waals surface area contributed by atoms with Crippen LogP contribution in [0.15, 0.2) is 84.6 Å². The predicted octanol–water partition coefficient (Wildman–Crippen LogP) is 6.73. The third-order valence-electron chi connectivity index (χ3n) is 6.45. The molecule has 1 aliphatic heterocycles. The topological polar surface area (TPSA) is 41.6 Å². The minimum Gasteiger partial charge on any atom is -0.339 e. The lowest BCUT2D eigenvalue weighted by Gasteiger charge is -2.27. The summed E-state index contributed by atoms with van der Waals surface area (Å²) in [5.41, 5.74) is 4.86. The van der Waals surface area contributed by atoms with Crippen molar-refractivity contribution in [2.75, 3.05) is 13.1 Å². The van der Waals surface area contributed by atoms with Gasteiger partial charge in [0.05, 0.1) is 12.2 Å². The Morgan fingerprint density at radius 2 is 1.58 bits per heavy atom. The first-order valence-electron chi connectivity index (χ1n) is 12.2. The summed E-state index contributed by atoms with van der Waals surface area (Å²) in [5.74, 6) is -0.946. The number of hydroxylamine groups is 1. The second kappa shape index (κ2) is 12.2. The molecule has 0 bridgehead atoms. The van der Waals surface area contributed by atoms with Crippen LogP contribution >= 0.6 is 0 Å². The summed E-state index contributed by atoms with van der Waals surface area (Å²) in [6.07, 6.45) is -1.37. The van der Waals surface area contributed by atoms with E-state index in [9.17, 15) is 26.7 Å². The Labute approximate surface area is 217 Å². The number of nitrogens with one attached hydrogen (secondary N) is 1. The highest BCUT2D eigenvalue weighted by atomic mass is 19.4. The quantitative estimate of drug-likeness (QED) is 0.246. The van der Waals surface area contributed by atoms with Gasteiger partial charge in [0, 0.05) is 37.5 Å². The van der Waals surface area contributed by atoms with Gasteiger partial charge in [0.15, 0.2) is 0 Å². The van der Waals surface area contributed by atoms with Crippen molar-refractivity contribution in [2.45, 2.75) is 38.0 Å². The molecule has 200 valence electrons. The molecule has 1 N–H and O–H groups in total. The Morgan fingerprint density at radius 3 is 2.13 bits per heavy atom. The van der Waals surface area contributed by atoms with Crippen molar-refractivity contribution >= 4 is 5.91 Å². The third kappa shape index (κ3) is 7.41. The van der Waals surface area contributed by atoms with E-state index in [1.807, 2.05) is 6.08 Å². The number of hydrogen-bond donors (Lipinski definition) is 1. The fourth-order valence-corrected chi connectivity index (χ4v) is 4.38. The van der Waals surface area contributed by atoms with Crippen molar-refractivity contribution in [1.82, 2.24) is 10.4 Å². The van der Waals surface area contributed by atoms with Crippen molar-refractivity contribution in [1.29, 1.82) is 0 Å². The monoisotopic (exact) mass is 530 g/mol.